The highest BCUT2D eigenvalue weighted by Gasteiger charge is 2.04. The minimum Gasteiger partial charge on any atom is -0.466 e. The number of ether oxygens (including phenoxy) is 2. The lowest BCUT2D eigenvalue weighted by molar-refractivity contribution is -0.144. The Hall–Kier alpha value is -1.06. The summed E-state index contributed by atoms with van der Waals surface area (Å²) in [5, 5.41) is 0. The van der Waals surface area contributed by atoms with Crippen LogP contribution in [0, 0.1) is 0 Å². The van der Waals surface area contributed by atoms with Gasteiger partial charge in [-0.1, -0.05) is 117 Å². The molecule has 4 nitrogen and oxygen atoms in total. The summed E-state index contributed by atoms with van der Waals surface area (Å²) in [5.74, 6) is -0.0998. The van der Waals surface area contributed by atoms with Crippen molar-refractivity contribution >= 4 is 11.9 Å². The van der Waals surface area contributed by atoms with Gasteiger partial charge in [-0.2, -0.15) is 0 Å². The fraction of sp³-hybridized carbons (Fsp3) is 0.929. The molecule has 0 radical (unpaired) electrons. The van der Waals surface area contributed by atoms with Gasteiger partial charge in [0.2, 0.25) is 0 Å². The molecule has 0 saturated heterocycles. The Balaban J connectivity index is 3.22. The van der Waals surface area contributed by atoms with E-state index in [9.17, 15) is 9.59 Å². The Morgan fingerprint density at radius 2 is 0.719 bits per heavy atom. The molecule has 0 aromatic rings. The maximum Gasteiger partial charge on any atom is 0.305 e. The highest BCUT2D eigenvalue weighted by molar-refractivity contribution is 5.69. The highest BCUT2D eigenvalue weighted by Crippen LogP contribution is 2.13. The normalized spacial score (nSPS) is 10.9. The summed E-state index contributed by atoms with van der Waals surface area (Å²) < 4.78 is 10.5. The molecule has 0 heterocycles. The van der Waals surface area contributed by atoms with Crippen LogP contribution < -0.4 is 0 Å². The van der Waals surface area contributed by atoms with Gasteiger partial charge in [0.15, 0.2) is 0 Å². The summed E-state index contributed by atoms with van der Waals surface area (Å²) in [7, 11) is 0. The smallest absolute Gasteiger partial charge is 0.305 e. The molecule has 0 fully saturated rings. The highest BCUT2D eigenvalue weighted by atomic mass is 16.5. The fourth-order valence-electron chi connectivity index (χ4n) is 3.85. The topological polar surface area (TPSA) is 52.6 Å². The number of rotatable bonds is 25. The predicted molar refractivity (Wildman–Crippen MR) is 135 cm³/mol. The molecule has 32 heavy (non-hydrogen) atoms. The van der Waals surface area contributed by atoms with Crippen molar-refractivity contribution in [1.29, 1.82) is 0 Å². The average Bonchev–Trinajstić information content (AvgIpc) is 2.79. The van der Waals surface area contributed by atoms with Gasteiger partial charge in [0.1, 0.15) is 0 Å². The van der Waals surface area contributed by atoms with Gasteiger partial charge in [-0.3, -0.25) is 9.59 Å². The van der Waals surface area contributed by atoms with Crippen molar-refractivity contribution in [3.63, 3.8) is 0 Å². The molecule has 0 aliphatic carbocycles. The number of esters is 2. The van der Waals surface area contributed by atoms with Crippen LogP contribution in [0.25, 0.3) is 0 Å². The van der Waals surface area contributed by atoms with E-state index in [0.29, 0.717) is 26.1 Å². The van der Waals surface area contributed by atoms with Crippen molar-refractivity contribution in [2.45, 2.75) is 155 Å². The van der Waals surface area contributed by atoms with Crippen LogP contribution in [-0.2, 0) is 19.1 Å². The van der Waals surface area contributed by atoms with Gasteiger partial charge in [-0.15, -0.1) is 0 Å². The van der Waals surface area contributed by atoms with E-state index in [1.165, 1.54) is 70.6 Å². The molecule has 0 aliphatic rings. The van der Waals surface area contributed by atoms with E-state index < -0.39 is 0 Å². The van der Waals surface area contributed by atoms with E-state index in [1.54, 1.807) is 0 Å². The molecule has 0 unspecified atom stereocenters. The quantitative estimate of drug-likeness (QED) is 0.102. The molecule has 4 heteroatoms. The molecule has 0 rings (SSSR count). The first kappa shape index (κ1) is 30.9. The molecule has 0 aromatic heterocycles. The van der Waals surface area contributed by atoms with Crippen molar-refractivity contribution in [2.24, 2.45) is 0 Å². The zero-order chi connectivity index (χ0) is 23.5. The van der Waals surface area contributed by atoms with Crippen molar-refractivity contribution in [1.82, 2.24) is 0 Å². The van der Waals surface area contributed by atoms with Crippen molar-refractivity contribution in [3.8, 4) is 0 Å². The first-order valence-corrected chi connectivity index (χ1v) is 14.0. The summed E-state index contributed by atoms with van der Waals surface area (Å²) in [6.45, 7) is 5.51. The average molecular weight is 455 g/mol. The van der Waals surface area contributed by atoms with Gasteiger partial charge in [0, 0.05) is 12.8 Å². The van der Waals surface area contributed by atoms with Crippen molar-refractivity contribution in [3.05, 3.63) is 0 Å². The second kappa shape index (κ2) is 26.2. The van der Waals surface area contributed by atoms with Gasteiger partial charge in [-0.05, 0) is 25.7 Å². The summed E-state index contributed by atoms with van der Waals surface area (Å²) in [6.07, 6.45) is 25.1. The van der Waals surface area contributed by atoms with Crippen LogP contribution in [0.5, 0.6) is 0 Å². The molecular formula is C28H54O4. The van der Waals surface area contributed by atoms with Gasteiger partial charge in [-0.25, -0.2) is 0 Å². The van der Waals surface area contributed by atoms with E-state index in [1.807, 2.05) is 0 Å². The predicted octanol–water partition coefficient (Wildman–Crippen LogP) is 8.69. The maximum atomic E-state index is 11.8. The molecule has 190 valence electrons. The van der Waals surface area contributed by atoms with E-state index >= 15 is 0 Å². The van der Waals surface area contributed by atoms with Gasteiger partial charge in [0.05, 0.1) is 13.2 Å². The van der Waals surface area contributed by atoms with Gasteiger partial charge < -0.3 is 9.47 Å². The van der Waals surface area contributed by atoms with Crippen LogP contribution in [0.3, 0.4) is 0 Å². The molecule has 0 aliphatic heterocycles. The number of hydrogen-bond donors (Lipinski definition) is 0. The fourth-order valence-corrected chi connectivity index (χ4v) is 3.85. The number of hydrogen-bond acceptors (Lipinski definition) is 4. The van der Waals surface area contributed by atoms with Gasteiger partial charge >= 0.3 is 11.9 Å². The first-order valence-electron chi connectivity index (χ1n) is 14.0. The molecule has 0 saturated carbocycles. The van der Waals surface area contributed by atoms with Gasteiger partial charge in [0.25, 0.3) is 0 Å². The zero-order valence-electron chi connectivity index (χ0n) is 21.6. The third kappa shape index (κ3) is 25.2. The summed E-state index contributed by atoms with van der Waals surface area (Å²) >= 11 is 0. The standard InChI is InChI=1S/C28H54O4/c1-3-5-7-8-9-10-11-12-13-16-19-22-26-32-28(30)24-21-18-15-14-17-20-23-27(29)31-25-6-4-2/h3-26H2,1-2H3. The Morgan fingerprint density at radius 1 is 0.406 bits per heavy atom. The second-order valence-corrected chi connectivity index (χ2v) is 9.30. The minimum atomic E-state index is -0.0608. The molecule has 0 bridgehead atoms. The van der Waals surface area contributed by atoms with Crippen molar-refractivity contribution in [2.75, 3.05) is 13.2 Å². The number of unbranched alkanes of at least 4 members (excludes halogenated alkanes) is 17. The minimum absolute atomic E-state index is 0.0390. The lowest BCUT2D eigenvalue weighted by Crippen LogP contribution is -2.05. The SMILES string of the molecule is CCCCCCCCCCCCCCOC(=O)CCCCCCCCC(=O)OCCCC. The van der Waals surface area contributed by atoms with Crippen LogP contribution in [0.2, 0.25) is 0 Å². The molecule has 0 aromatic carbocycles. The third-order valence-electron chi connectivity index (χ3n) is 6.03. The molecule has 0 atom stereocenters. The van der Waals surface area contributed by atoms with Crippen molar-refractivity contribution < 1.29 is 19.1 Å². The molecule has 0 N–H and O–H groups in total. The zero-order valence-corrected chi connectivity index (χ0v) is 21.6. The monoisotopic (exact) mass is 454 g/mol. The Labute approximate surface area is 199 Å². The summed E-state index contributed by atoms with van der Waals surface area (Å²) in [5.41, 5.74) is 0. The largest absolute Gasteiger partial charge is 0.466 e. The maximum absolute atomic E-state index is 11.8. The Kier molecular flexibility index (Phi) is 25.3. The van der Waals surface area contributed by atoms with E-state index in [2.05, 4.69) is 13.8 Å². The summed E-state index contributed by atoms with van der Waals surface area (Å²) in [4.78, 5) is 23.3. The van der Waals surface area contributed by atoms with E-state index in [0.717, 1.165) is 57.8 Å². The second-order valence-electron chi connectivity index (χ2n) is 9.30. The molecule has 0 amide bonds. The Morgan fingerprint density at radius 3 is 1.12 bits per heavy atom. The van der Waals surface area contributed by atoms with Crippen LogP contribution in [-0.4, -0.2) is 25.2 Å². The number of carbonyl (C=O) groups excluding carboxylic acids is 2. The van der Waals surface area contributed by atoms with E-state index in [4.69, 9.17) is 9.47 Å². The van der Waals surface area contributed by atoms with E-state index in [-0.39, 0.29) is 11.9 Å². The van der Waals surface area contributed by atoms with Crippen LogP contribution in [0.4, 0.5) is 0 Å². The molecule has 0 spiro atoms. The molecular weight excluding hydrogens is 400 g/mol. The Bertz CT molecular complexity index is 408. The van der Waals surface area contributed by atoms with Crippen LogP contribution in [0.15, 0.2) is 0 Å². The van der Waals surface area contributed by atoms with Crippen LogP contribution in [0.1, 0.15) is 155 Å². The number of carbonyl (C=O) groups is 2. The lowest BCUT2D eigenvalue weighted by atomic mass is 10.1. The van der Waals surface area contributed by atoms with Crippen LogP contribution >= 0.6 is 0 Å². The summed E-state index contributed by atoms with van der Waals surface area (Å²) in [6, 6.07) is 0. The first-order chi connectivity index (χ1) is 15.7. The third-order valence-corrected chi connectivity index (χ3v) is 6.03. The lowest BCUT2D eigenvalue weighted by Gasteiger charge is -2.06.